The summed E-state index contributed by atoms with van der Waals surface area (Å²) in [6, 6.07) is 9.63. The number of nitrogens with zero attached hydrogens (tertiary/aromatic N) is 2. The van der Waals surface area contributed by atoms with Gasteiger partial charge in [-0.2, -0.15) is 0 Å². The number of hydrogen-bond acceptors (Lipinski definition) is 3. The van der Waals surface area contributed by atoms with E-state index < -0.39 is 0 Å². The third kappa shape index (κ3) is 2.10. The Morgan fingerprint density at radius 1 is 1.33 bits per heavy atom. The van der Waals surface area contributed by atoms with Crippen LogP contribution in [0, 0.1) is 0 Å². The summed E-state index contributed by atoms with van der Waals surface area (Å²) in [6.07, 6.45) is 1.63. The summed E-state index contributed by atoms with van der Waals surface area (Å²) in [6.45, 7) is 0.428. The van der Waals surface area contributed by atoms with E-state index in [0.29, 0.717) is 12.4 Å². The zero-order valence-electron chi connectivity index (χ0n) is 8.55. The number of benzene rings is 1. The highest BCUT2D eigenvalue weighted by Gasteiger charge is 2.03. The van der Waals surface area contributed by atoms with Crippen molar-refractivity contribution in [3.63, 3.8) is 0 Å². The lowest BCUT2D eigenvalue weighted by molar-refractivity contribution is 0.292. The Kier molecular flexibility index (Phi) is 2.58. The molecule has 1 heterocycles. The molecular formula is C11H13N3O. The highest BCUT2D eigenvalue weighted by atomic mass is 16.5. The number of rotatable bonds is 3. The van der Waals surface area contributed by atoms with E-state index in [1.54, 1.807) is 6.20 Å². The van der Waals surface area contributed by atoms with Crippen molar-refractivity contribution in [2.75, 3.05) is 5.73 Å². The summed E-state index contributed by atoms with van der Waals surface area (Å²) in [5.41, 5.74) is 5.65. The van der Waals surface area contributed by atoms with E-state index in [0.717, 1.165) is 11.6 Å². The zero-order chi connectivity index (χ0) is 10.7. The van der Waals surface area contributed by atoms with Crippen LogP contribution in [0.1, 0.15) is 5.82 Å². The summed E-state index contributed by atoms with van der Waals surface area (Å²) in [5, 5.41) is 0. The molecule has 0 aliphatic carbocycles. The molecule has 0 bridgehead atoms. The third-order valence-corrected chi connectivity index (χ3v) is 2.23. The van der Waals surface area contributed by atoms with Gasteiger partial charge in [0.05, 0.1) is 6.20 Å². The first-order valence-corrected chi connectivity index (χ1v) is 4.71. The van der Waals surface area contributed by atoms with Gasteiger partial charge in [0.2, 0.25) is 0 Å². The zero-order valence-corrected chi connectivity index (χ0v) is 8.55. The Balaban J connectivity index is 2.02. The van der Waals surface area contributed by atoms with Crippen molar-refractivity contribution >= 4 is 5.82 Å². The molecule has 4 nitrogen and oxygen atoms in total. The third-order valence-electron chi connectivity index (χ3n) is 2.23. The molecule has 0 aliphatic rings. The van der Waals surface area contributed by atoms with Crippen molar-refractivity contribution < 1.29 is 4.74 Å². The van der Waals surface area contributed by atoms with E-state index in [2.05, 4.69) is 4.98 Å². The standard InChI is InChI=1S/C11H13N3O/c1-14-10(12)7-13-11(14)8-15-9-5-3-2-4-6-9/h2-7H,8,12H2,1H3. The fraction of sp³-hybridized carbons (Fsp3) is 0.182. The number of nitrogens with two attached hydrogens (primary N) is 1. The molecule has 1 aromatic carbocycles. The molecule has 4 heteroatoms. The van der Waals surface area contributed by atoms with E-state index in [-0.39, 0.29) is 0 Å². The molecule has 78 valence electrons. The van der Waals surface area contributed by atoms with Crippen LogP contribution in [-0.2, 0) is 13.7 Å². The van der Waals surface area contributed by atoms with Gasteiger partial charge in [0.1, 0.15) is 24.0 Å². The second-order valence-electron chi connectivity index (χ2n) is 3.26. The van der Waals surface area contributed by atoms with Gasteiger partial charge in [0.15, 0.2) is 0 Å². The van der Waals surface area contributed by atoms with E-state index in [1.165, 1.54) is 0 Å². The van der Waals surface area contributed by atoms with Crippen LogP contribution in [0.2, 0.25) is 0 Å². The fourth-order valence-corrected chi connectivity index (χ4v) is 1.26. The Bertz CT molecular complexity index is 436. The van der Waals surface area contributed by atoms with Crippen molar-refractivity contribution in [2.24, 2.45) is 7.05 Å². The maximum absolute atomic E-state index is 5.65. The summed E-state index contributed by atoms with van der Waals surface area (Å²) >= 11 is 0. The first-order valence-electron chi connectivity index (χ1n) is 4.71. The second kappa shape index (κ2) is 4.04. The van der Waals surface area contributed by atoms with Crippen LogP contribution in [0.3, 0.4) is 0 Å². The maximum atomic E-state index is 5.65. The number of ether oxygens (including phenoxy) is 1. The normalized spacial score (nSPS) is 10.2. The van der Waals surface area contributed by atoms with E-state index in [1.807, 2.05) is 41.9 Å². The highest BCUT2D eigenvalue weighted by Crippen LogP contribution is 2.11. The van der Waals surface area contributed by atoms with Gasteiger partial charge in [-0.3, -0.25) is 0 Å². The predicted molar refractivity (Wildman–Crippen MR) is 58.4 cm³/mol. The Labute approximate surface area is 88.3 Å². The lowest BCUT2D eigenvalue weighted by atomic mass is 10.3. The highest BCUT2D eigenvalue weighted by molar-refractivity contribution is 5.27. The summed E-state index contributed by atoms with van der Waals surface area (Å²) in [7, 11) is 1.87. The van der Waals surface area contributed by atoms with Gasteiger partial charge in [-0.15, -0.1) is 0 Å². The quantitative estimate of drug-likeness (QED) is 0.824. The molecule has 2 N–H and O–H groups in total. The van der Waals surface area contributed by atoms with Crippen molar-refractivity contribution in [1.29, 1.82) is 0 Å². The molecule has 0 unspecified atom stereocenters. The topological polar surface area (TPSA) is 53.1 Å². The van der Waals surface area contributed by atoms with Gasteiger partial charge in [-0.05, 0) is 12.1 Å². The average molecular weight is 203 g/mol. The van der Waals surface area contributed by atoms with Crippen LogP contribution in [0.4, 0.5) is 5.82 Å². The molecule has 2 aromatic rings. The van der Waals surface area contributed by atoms with Crippen LogP contribution >= 0.6 is 0 Å². The fourth-order valence-electron chi connectivity index (χ4n) is 1.26. The minimum Gasteiger partial charge on any atom is -0.486 e. The predicted octanol–water partition coefficient (Wildman–Crippen LogP) is 1.58. The van der Waals surface area contributed by atoms with Crippen LogP contribution in [0.25, 0.3) is 0 Å². The first kappa shape index (κ1) is 9.58. The van der Waals surface area contributed by atoms with Crippen molar-refractivity contribution in [1.82, 2.24) is 9.55 Å². The summed E-state index contributed by atoms with van der Waals surface area (Å²) in [5.74, 6) is 2.29. The largest absolute Gasteiger partial charge is 0.486 e. The molecule has 0 saturated carbocycles. The summed E-state index contributed by atoms with van der Waals surface area (Å²) in [4.78, 5) is 4.14. The van der Waals surface area contributed by atoms with Crippen LogP contribution in [0.5, 0.6) is 5.75 Å². The molecule has 0 amide bonds. The molecule has 0 fully saturated rings. The van der Waals surface area contributed by atoms with Gasteiger partial charge in [0.25, 0.3) is 0 Å². The first-order chi connectivity index (χ1) is 7.27. The number of anilines is 1. The van der Waals surface area contributed by atoms with Gasteiger partial charge < -0.3 is 15.0 Å². The molecule has 1 aromatic heterocycles. The SMILES string of the molecule is Cn1c(N)cnc1COc1ccccc1. The molecule has 0 saturated heterocycles. The number of hydrogen-bond donors (Lipinski definition) is 1. The molecule has 15 heavy (non-hydrogen) atoms. The van der Waals surface area contributed by atoms with Crippen molar-refractivity contribution in [3.8, 4) is 5.75 Å². The van der Waals surface area contributed by atoms with Gasteiger partial charge in [-0.25, -0.2) is 4.98 Å². The van der Waals surface area contributed by atoms with Crippen LogP contribution < -0.4 is 10.5 Å². The number of nitrogen functional groups attached to an aromatic ring is 1. The van der Waals surface area contributed by atoms with Crippen LogP contribution in [0.15, 0.2) is 36.5 Å². The van der Waals surface area contributed by atoms with Crippen molar-refractivity contribution in [2.45, 2.75) is 6.61 Å². The lowest BCUT2D eigenvalue weighted by Gasteiger charge is -2.06. The average Bonchev–Trinajstić information content (AvgIpc) is 2.59. The minimum absolute atomic E-state index is 0.428. The van der Waals surface area contributed by atoms with Gasteiger partial charge >= 0.3 is 0 Å². The van der Waals surface area contributed by atoms with E-state index in [9.17, 15) is 0 Å². The Morgan fingerprint density at radius 2 is 2.07 bits per heavy atom. The molecule has 0 aliphatic heterocycles. The van der Waals surface area contributed by atoms with Gasteiger partial charge in [-0.1, -0.05) is 18.2 Å². The monoisotopic (exact) mass is 203 g/mol. The van der Waals surface area contributed by atoms with E-state index in [4.69, 9.17) is 10.5 Å². The Morgan fingerprint density at radius 3 is 2.67 bits per heavy atom. The smallest absolute Gasteiger partial charge is 0.148 e. The number of para-hydroxylation sites is 1. The molecule has 0 atom stereocenters. The van der Waals surface area contributed by atoms with Crippen LogP contribution in [-0.4, -0.2) is 9.55 Å². The molecule has 2 rings (SSSR count). The molecule has 0 radical (unpaired) electrons. The van der Waals surface area contributed by atoms with Gasteiger partial charge in [0, 0.05) is 7.05 Å². The Hall–Kier alpha value is -1.97. The molecule has 0 spiro atoms. The number of aromatic nitrogens is 2. The summed E-state index contributed by atoms with van der Waals surface area (Å²) < 4.78 is 7.36. The minimum atomic E-state index is 0.428. The lowest BCUT2D eigenvalue weighted by Crippen LogP contribution is -2.05. The number of imidazole rings is 1. The molecular weight excluding hydrogens is 190 g/mol. The van der Waals surface area contributed by atoms with E-state index >= 15 is 0 Å². The second-order valence-corrected chi connectivity index (χ2v) is 3.26. The maximum Gasteiger partial charge on any atom is 0.148 e. The van der Waals surface area contributed by atoms with Crippen molar-refractivity contribution in [3.05, 3.63) is 42.4 Å².